The summed E-state index contributed by atoms with van der Waals surface area (Å²) in [5.74, 6) is 0.750. The minimum atomic E-state index is -3.40. The number of primary sulfonamides is 1. The molecule has 0 saturated carbocycles. The van der Waals surface area contributed by atoms with E-state index in [-0.39, 0.29) is 11.7 Å². The first-order valence-electron chi connectivity index (χ1n) is 5.04. The summed E-state index contributed by atoms with van der Waals surface area (Å²) in [5.41, 5.74) is 1.00. The van der Waals surface area contributed by atoms with Gasteiger partial charge in [-0.05, 0) is 24.0 Å². The van der Waals surface area contributed by atoms with Crippen molar-refractivity contribution in [3.05, 3.63) is 29.8 Å². The Morgan fingerprint density at radius 1 is 1.38 bits per heavy atom. The molecule has 0 saturated heterocycles. The predicted molar refractivity (Wildman–Crippen MR) is 63.8 cm³/mol. The van der Waals surface area contributed by atoms with Crippen molar-refractivity contribution >= 4 is 10.0 Å². The van der Waals surface area contributed by atoms with Crippen LogP contribution in [0.2, 0.25) is 0 Å². The van der Waals surface area contributed by atoms with Crippen molar-refractivity contribution in [2.24, 2.45) is 11.1 Å². The van der Waals surface area contributed by atoms with Crippen molar-refractivity contribution in [2.75, 3.05) is 12.9 Å². The number of sulfonamides is 1. The maximum atomic E-state index is 10.9. The van der Waals surface area contributed by atoms with Gasteiger partial charge in [-0.2, -0.15) is 0 Å². The van der Waals surface area contributed by atoms with Gasteiger partial charge in [-0.1, -0.05) is 25.1 Å². The summed E-state index contributed by atoms with van der Waals surface area (Å²) in [5, 5.41) is 5.00. The maximum Gasteiger partial charge on any atom is 0.209 e. The number of rotatable bonds is 5. The van der Waals surface area contributed by atoms with E-state index in [4.69, 9.17) is 9.88 Å². The van der Waals surface area contributed by atoms with E-state index in [1.807, 2.05) is 31.2 Å². The summed E-state index contributed by atoms with van der Waals surface area (Å²) in [6.45, 7) is 1.86. The average molecular weight is 243 g/mol. The molecule has 1 aromatic carbocycles. The topological polar surface area (TPSA) is 69.4 Å². The van der Waals surface area contributed by atoms with Crippen LogP contribution in [-0.4, -0.2) is 21.3 Å². The fourth-order valence-corrected chi connectivity index (χ4v) is 2.61. The average Bonchev–Trinajstić information content (AvgIpc) is 2.15. The molecule has 0 aliphatic heterocycles. The van der Waals surface area contributed by atoms with Gasteiger partial charge in [0.2, 0.25) is 10.0 Å². The molecule has 5 heteroatoms. The number of nitrogens with two attached hydrogens (primary N) is 1. The molecule has 1 aromatic rings. The van der Waals surface area contributed by atoms with E-state index in [1.54, 1.807) is 7.11 Å². The van der Waals surface area contributed by atoms with E-state index in [0.29, 0.717) is 6.42 Å². The second-order valence-electron chi connectivity index (χ2n) is 3.95. The normalized spacial score (nSPS) is 13.4. The molecule has 0 fully saturated rings. The molecule has 1 unspecified atom stereocenters. The second kappa shape index (κ2) is 5.32. The molecule has 16 heavy (non-hydrogen) atoms. The van der Waals surface area contributed by atoms with E-state index in [0.717, 1.165) is 11.3 Å². The molecular weight excluding hydrogens is 226 g/mol. The first-order chi connectivity index (χ1) is 7.42. The molecule has 1 atom stereocenters. The maximum absolute atomic E-state index is 10.9. The molecule has 0 heterocycles. The molecule has 0 radical (unpaired) electrons. The largest absolute Gasteiger partial charge is 0.496 e. The van der Waals surface area contributed by atoms with Crippen LogP contribution < -0.4 is 9.88 Å². The van der Waals surface area contributed by atoms with Gasteiger partial charge in [-0.25, -0.2) is 13.6 Å². The zero-order chi connectivity index (χ0) is 12.2. The fourth-order valence-electron chi connectivity index (χ4n) is 1.70. The van der Waals surface area contributed by atoms with Gasteiger partial charge in [-0.15, -0.1) is 0 Å². The fraction of sp³-hybridized carbons (Fsp3) is 0.455. The molecule has 4 nitrogen and oxygen atoms in total. The molecule has 0 aliphatic rings. The van der Waals surface area contributed by atoms with Gasteiger partial charge in [-0.3, -0.25) is 0 Å². The van der Waals surface area contributed by atoms with Crippen molar-refractivity contribution in [1.29, 1.82) is 0 Å². The number of hydrogen-bond acceptors (Lipinski definition) is 3. The SMILES string of the molecule is COc1ccccc1CC(C)CS(N)(=O)=O. The first kappa shape index (κ1) is 13.0. The van der Waals surface area contributed by atoms with Crippen molar-refractivity contribution in [3.8, 4) is 5.75 Å². The Bertz CT molecular complexity index is 442. The summed E-state index contributed by atoms with van der Waals surface area (Å²) < 4.78 is 27.1. The van der Waals surface area contributed by atoms with Crippen LogP contribution in [0.3, 0.4) is 0 Å². The molecule has 0 bridgehead atoms. The Labute approximate surface area is 96.5 Å². The smallest absolute Gasteiger partial charge is 0.209 e. The summed E-state index contributed by atoms with van der Waals surface area (Å²) in [7, 11) is -1.80. The molecule has 1 rings (SSSR count). The zero-order valence-electron chi connectivity index (χ0n) is 9.51. The van der Waals surface area contributed by atoms with E-state index in [1.165, 1.54) is 0 Å². The van der Waals surface area contributed by atoms with E-state index in [9.17, 15) is 8.42 Å². The standard InChI is InChI=1S/C11H17NO3S/c1-9(8-16(12,13)14)7-10-5-3-4-6-11(10)15-2/h3-6,9H,7-8H2,1-2H3,(H2,12,13,14). The summed E-state index contributed by atoms with van der Waals surface area (Å²) in [6, 6.07) is 7.58. The quantitative estimate of drug-likeness (QED) is 0.843. The lowest BCUT2D eigenvalue weighted by molar-refractivity contribution is 0.406. The Morgan fingerprint density at radius 2 is 2.00 bits per heavy atom. The van der Waals surface area contributed by atoms with Gasteiger partial charge < -0.3 is 4.74 Å². The van der Waals surface area contributed by atoms with Gasteiger partial charge in [0.15, 0.2) is 0 Å². The van der Waals surface area contributed by atoms with Crippen LogP contribution in [0.1, 0.15) is 12.5 Å². The monoisotopic (exact) mass is 243 g/mol. The minimum absolute atomic E-state index is 0.00888. The predicted octanol–water partition coefficient (Wildman–Crippen LogP) is 1.16. The third kappa shape index (κ3) is 4.20. The Morgan fingerprint density at radius 3 is 2.56 bits per heavy atom. The van der Waals surface area contributed by atoms with E-state index >= 15 is 0 Å². The van der Waals surface area contributed by atoms with Crippen molar-refractivity contribution in [2.45, 2.75) is 13.3 Å². The van der Waals surface area contributed by atoms with Crippen LogP contribution in [0.15, 0.2) is 24.3 Å². The Hall–Kier alpha value is -1.07. The third-order valence-electron chi connectivity index (χ3n) is 2.28. The Balaban J connectivity index is 2.73. The highest BCUT2D eigenvalue weighted by Gasteiger charge is 2.13. The van der Waals surface area contributed by atoms with Crippen LogP contribution in [0.5, 0.6) is 5.75 Å². The first-order valence-corrected chi connectivity index (χ1v) is 6.76. The summed E-state index contributed by atoms with van der Waals surface area (Å²) in [4.78, 5) is 0. The summed E-state index contributed by atoms with van der Waals surface area (Å²) >= 11 is 0. The van der Waals surface area contributed by atoms with Crippen LogP contribution in [0, 0.1) is 5.92 Å². The van der Waals surface area contributed by atoms with Gasteiger partial charge in [0.05, 0.1) is 12.9 Å². The third-order valence-corrected chi connectivity index (χ3v) is 3.31. The molecule has 0 spiro atoms. The van der Waals surface area contributed by atoms with Gasteiger partial charge in [0.25, 0.3) is 0 Å². The minimum Gasteiger partial charge on any atom is -0.496 e. The highest BCUT2D eigenvalue weighted by molar-refractivity contribution is 7.89. The van der Waals surface area contributed by atoms with Gasteiger partial charge >= 0.3 is 0 Å². The number of hydrogen-bond donors (Lipinski definition) is 1. The molecule has 0 aliphatic carbocycles. The molecule has 0 aromatic heterocycles. The number of ether oxygens (including phenoxy) is 1. The lowest BCUT2D eigenvalue weighted by Gasteiger charge is -2.12. The highest BCUT2D eigenvalue weighted by atomic mass is 32.2. The van der Waals surface area contributed by atoms with E-state index < -0.39 is 10.0 Å². The number of methoxy groups -OCH3 is 1. The van der Waals surface area contributed by atoms with Crippen molar-refractivity contribution < 1.29 is 13.2 Å². The lowest BCUT2D eigenvalue weighted by atomic mass is 10.0. The molecule has 0 amide bonds. The molecular formula is C11H17NO3S. The Kier molecular flexibility index (Phi) is 4.32. The van der Waals surface area contributed by atoms with Crippen molar-refractivity contribution in [3.63, 3.8) is 0 Å². The van der Waals surface area contributed by atoms with Crippen molar-refractivity contribution in [1.82, 2.24) is 0 Å². The highest BCUT2D eigenvalue weighted by Crippen LogP contribution is 2.21. The zero-order valence-corrected chi connectivity index (χ0v) is 10.3. The van der Waals surface area contributed by atoms with Crippen LogP contribution in [-0.2, 0) is 16.4 Å². The molecule has 90 valence electrons. The molecule has 2 N–H and O–H groups in total. The lowest BCUT2D eigenvalue weighted by Crippen LogP contribution is -2.22. The van der Waals surface area contributed by atoms with Crippen LogP contribution in [0.4, 0.5) is 0 Å². The number of para-hydroxylation sites is 1. The summed E-state index contributed by atoms with van der Waals surface area (Å²) in [6.07, 6.45) is 0.639. The van der Waals surface area contributed by atoms with E-state index in [2.05, 4.69) is 0 Å². The van der Waals surface area contributed by atoms with Gasteiger partial charge in [0.1, 0.15) is 5.75 Å². The van der Waals surface area contributed by atoms with Gasteiger partial charge in [0, 0.05) is 0 Å². The second-order valence-corrected chi connectivity index (χ2v) is 5.61. The van der Waals surface area contributed by atoms with Crippen LogP contribution >= 0.6 is 0 Å². The van der Waals surface area contributed by atoms with Crippen LogP contribution in [0.25, 0.3) is 0 Å². The number of benzene rings is 1.